The Morgan fingerprint density at radius 2 is 2.07 bits per heavy atom. The van der Waals surface area contributed by atoms with Gasteiger partial charge in [-0.25, -0.2) is 19.3 Å². The number of ether oxygens (including phenoxy) is 1. The number of piperidine rings is 1. The SMILES string of the molecule is CO[C@H]1CN(C(=O)c2ccnc(C(F)(F)F)c2F)CC[C@H]1N1CC(CC#N)(n2cc(-c3ncnc4[nH]ccc34)cn2)C1. The maximum Gasteiger partial charge on any atom is 0.436 e. The van der Waals surface area contributed by atoms with Crippen LogP contribution in [0.5, 0.6) is 0 Å². The molecule has 42 heavy (non-hydrogen) atoms. The molecule has 0 spiro atoms. The first-order valence-electron chi connectivity index (χ1n) is 13.1. The van der Waals surface area contributed by atoms with Gasteiger partial charge < -0.3 is 14.6 Å². The van der Waals surface area contributed by atoms with E-state index in [0.29, 0.717) is 25.2 Å². The van der Waals surface area contributed by atoms with Crippen LogP contribution < -0.4 is 0 Å². The summed E-state index contributed by atoms with van der Waals surface area (Å²) in [5, 5.41) is 15.1. The molecule has 11 nitrogen and oxygen atoms in total. The zero-order valence-corrected chi connectivity index (χ0v) is 22.3. The number of nitriles is 1. The summed E-state index contributed by atoms with van der Waals surface area (Å²) < 4.78 is 61.5. The van der Waals surface area contributed by atoms with Crippen molar-refractivity contribution in [2.45, 2.75) is 36.7 Å². The number of carbonyl (C=O) groups is 1. The van der Waals surface area contributed by atoms with Crippen molar-refractivity contribution >= 4 is 16.9 Å². The second-order valence-corrected chi connectivity index (χ2v) is 10.5. The summed E-state index contributed by atoms with van der Waals surface area (Å²) in [6.45, 7) is 1.26. The molecule has 4 aromatic heterocycles. The molecule has 0 bridgehead atoms. The third kappa shape index (κ3) is 4.66. The third-order valence-corrected chi connectivity index (χ3v) is 8.07. The van der Waals surface area contributed by atoms with E-state index in [2.05, 4.69) is 36.0 Å². The first-order valence-corrected chi connectivity index (χ1v) is 13.1. The van der Waals surface area contributed by atoms with Gasteiger partial charge in [0.1, 0.15) is 17.5 Å². The summed E-state index contributed by atoms with van der Waals surface area (Å²) in [5.41, 5.74) is -0.775. The van der Waals surface area contributed by atoms with Crippen LogP contribution in [0, 0.1) is 17.1 Å². The molecule has 2 atom stereocenters. The number of halogens is 4. The average Bonchev–Trinajstić information content (AvgIpc) is 3.64. The Morgan fingerprint density at radius 1 is 1.26 bits per heavy atom. The predicted octanol–water partition coefficient (Wildman–Crippen LogP) is 3.23. The Hall–Kier alpha value is -4.42. The smallest absolute Gasteiger partial charge is 0.378 e. The minimum atomic E-state index is -5.02. The van der Waals surface area contributed by atoms with Crippen molar-refractivity contribution in [1.82, 2.24) is 39.5 Å². The number of hydrogen-bond donors (Lipinski definition) is 1. The highest BCUT2D eigenvalue weighted by molar-refractivity contribution is 5.94. The van der Waals surface area contributed by atoms with E-state index < -0.39 is 40.8 Å². The van der Waals surface area contributed by atoms with Gasteiger partial charge >= 0.3 is 6.18 Å². The second-order valence-electron chi connectivity index (χ2n) is 10.5. The summed E-state index contributed by atoms with van der Waals surface area (Å²) in [6.07, 6.45) is 2.78. The Kier molecular flexibility index (Phi) is 6.90. The fourth-order valence-corrected chi connectivity index (χ4v) is 5.95. The maximum absolute atomic E-state index is 14.6. The quantitative estimate of drug-likeness (QED) is 0.343. The number of rotatable bonds is 6. The standard InChI is InChI=1S/C27H25F4N9O2/c1-42-20-12-38(25(41)17-2-7-33-23(21(17)28)27(29,30)31)9-4-19(20)39-13-26(14-39,5-6-32)40-11-16(10-37-40)22-18-3-8-34-24(18)36-15-35-22/h2-3,7-8,10-11,15,19-20H,4-5,9,12-14H2,1H3,(H,34,35,36)/t19-,20+/m1/s1. The van der Waals surface area contributed by atoms with Crippen molar-refractivity contribution in [3.8, 4) is 17.3 Å². The molecule has 0 aromatic carbocycles. The molecule has 2 saturated heterocycles. The summed E-state index contributed by atoms with van der Waals surface area (Å²) >= 11 is 0. The first kappa shape index (κ1) is 27.7. The number of aromatic nitrogens is 6. The summed E-state index contributed by atoms with van der Waals surface area (Å²) in [7, 11) is 1.49. The molecular weight excluding hydrogens is 558 g/mol. The van der Waals surface area contributed by atoms with Crippen LogP contribution in [0.15, 0.2) is 43.2 Å². The van der Waals surface area contributed by atoms with Gasteiger partial charge in [-0.05, 0) is 18.6 Å². The lowest BCUT2D eigenvalue weighted by Gasteiger charge is -2.55. The number of likely N-dealkylation sites (tertiary alicyclic amines) is 2. The normalized spacial score (nSPS) is 20.8. The topological polar surface area (TPSA) is 129 Å². The highest BCUT2D eigenvalue weighted by Crippen LogP contribution is 2.38. The molecule has 6 rings (SSSR count). The van der Waals surface area contributed by atoms with E-state index in [1.807, 2.05) is 12.3 Å². The number of hydrogen-bond acceptors (Lipinski definition) is 8. The number of carbonyl (C=O) groups excluding carboxylic acids is 1. The van der Waals surface area contributed by atoms with Crippen molar-refractivity contribution in [2.75, 3.05) is 33.3 Å². The van der Waals surface area contributed by atoms with Gasteiger partial charge in [-0.15, -0.1) is 0 Å². The highest BCUT2D eigenvalue weighted by atomic mass is 19.4. The molecule has 0 saturated carbocycles. The Morgan fingerprint density at radius 3 is 2.81 bits per heavy atom. The van der Waals surface area contributed by atoms with Crippen LogP contribution in [0.1, 0.15) is 28.9 Å². The molecular formula is C27H25F4N9O2. The Bertz CT molecular complexity index is 1670. The Balaban J connectivity index is 1.17. The highest BCUT2D eigenvalue weighted by Gasteiger charge is 2.50. The number of nitrogens with one attached hydrogen (secondary N) is 1. The fraction of sp³-hybridized carbons (Fsp3) is 0.407. The molecule has 2 aliphatic heterocycles. The number of nitrogens with zero attached hydrogens (tertiary/aromatic N) is 8. The predicted molar refractivity (Wildman–Crippen MR) is 139 cm³/mol. The van der Waals surface area contributed by atoms with Crippen LogP contribution in [0.25, 0.3) is 22.3 Å². The van der Waals surface area contributed by atoms with Crippen molar-refractivity contribution in [2.24, 2.45) is 0 Å². The van der Waals surface area contributed by atoms with Gasteiger partial charge in [0.15, 0.2) is 11.5 Å². The lowest BCUT2D eigenvalue weighted by atomic mass is 9.83. The molecule has 6 heterocycles. The monoisotopic (exact) mass is 583 g/mol. The summed E-state index contributed by atoms with van der Waals surface area (Å²) in [5.74, 6) is -2.54. The van der Waals surface area contributed by atoms with E-state index in [1.165, 1.54) is 18.3 Å². The number of H-pyrrole nitrogens is 1. The molecule has 2 fully saturated rings. The molecule has 1 amide bonds. The van der Waals surface area contributed by atoms with Gasteiger partial charge in [-0.3, -0.25) is 14.4 Å². The molecule has 15 heteroatoms. The van der Waals surface area contributed by atoms with Crippen LogP contribution in [0.2, 0.25) is 0 Å². The van der Waals surface area contributed by atoms with Crippen molar-refractivity contribution < 1.29 is 27.1 Å². The van der Waals surface area contributed by atoms with Crippen LogP contribution in [-0.4, -0.2) is 90.9 Å². The van der Waals surface area contributed by atoms with E-state index >= 15 is 0 Å². The van der Waals surface area contributed by atoms with Gasteiger partial charge in [0.25, 0.3) is 5.91 Å². The van der Waals surface area contributed by atoms with Gasteiger partial charge in [-0.1, -0.05) is 0 Å². The molecule has 1 N–H and O–H groups in total. The van der Waals surface area contributed by atoms with Crippen LogP contribution in [0.4, 0.5) is 17.6 Å². The van der Waals surface area contributed by atoms with E-state index in [1.54, 1.807) is 17.1 Å². The molecule has 2 aliphatic rings. The van der Waals surface area contributed by atoms with E-state index in [4.69, 9.17) is 4.74 Å². The fourth-order valence-electron chi connectivity index (χ4n) is 5.95. The number of amides is 1. The molecule has 0 unspecified atom stereocenters. The molecule has 0 aliphatic carbocycles. The average molecular weight is 584 g/mol. The second kappa shape index (κ2) is 10.4. The van der Waals surface area contributed by atoms with Crippen LogP contribution in [0.3, 0.4) is 0 Å². The van der Waals surface area contributed by atoms with Gasteiger partial charge in [0, 0.05) is 68.9 Å². The van der Waals surface area contributed by atoms with Gasteiger partial charge in [0.05, 0.1) is 36.0 Å². The number of alkyl halides is 3. The number of pyridine rings is 1. The lowest BCUT2D eigenvalue weighted by Crippen LogP contribution is -2.69. The van der Waals surface area contributed by atoms with E-state index in [-0.39, 0.29) is 25.6 Å². The van der Waals surface area contributed by atoms with Gasteiger partial charge in [0.2, 0.25) is 0 Å². The zero-order chi connectivity index (χ0) is 29.6. The van der Waals surface area contributed by atoms with Crippen molar-refractivity contribution in [1.29, 1.82) is 5.26 Å². The maximum atomic E-state index is 14.6. The van der Waals surface area contributed by atoms with Crippen LogP contribution in [-0.2, 0) is 16.5 Å². The number of fused-ring (bicyclic) bond motifs is 1. The van der Waals surface area contributed by atoms with Crippen molar-refractivity contribution in [3.05, 3.63) is 60.3 Å². The van der Waals surface area contributed by atoms with Crippen molar-refractivity contribution in [3.63, 3.8) is 0 Å². The van der Waals surface area contributed by atoms with Gasteiger partial charge in [-0.2, -0.15) is 23.5 Å². The molecule has 4 aromatic rings. The third-order valence-electron chi connectivity index (χ3n) is 8.07. The van der Waals surface area contributed by atoms with E-state index in [0.717, 1.165) is 28.9 Å². The van der Waals surface area contributed by atoms with Crippen LogP contribution >= 0.6 is 0 Å². The number of aromatic amines is 1. The largest absolute Gasteiger partial charge is 0.436 e. The van der Waals surface area contributed by atoms with E-state index in [9.17, 15) is 27.6 Å². The number of methoxy groups -OCH3 is 1. The zero-order valence-electron chi connectivity index (χ0n) is 22.3. The lowest BCUT2D eigenvalue weighted by molar-refractivity contribution is -0.143. The molecule has 0 radical (unpaired) electrons. The Labute approximate surface area is 236 Å². The minimum Gasteiger partial charge on any atom is -0.378 e. The first-order chi connectivity index (χ1) is 20.1. The molecule has 218 valence electrons. The summed E-state index contributed by atoms with van der Waals surface area (Å²) in [4.78, 5) is 31.3. The minimum absolute atomic E-state index is 0.0666. The summed E-state index contributed by atoms with van der Waals surface area (Å²) in [6, 6.07) is 4.98.